The van der Waals surface area contributed by atoms with E-state index in [1.54, 1.807) is 0 Å². The van der Waals surface area contributed by atoms with Gasteiger partial charge in [-0.15, -0.1) is 0 Å². The monoisotopic (exact) mass is 293 g/mol. The molecule has 2 heteroatoms. The average Bonchev–Trinajstić information content (AvgIpc) is 2.46. The van der Waals surface area contributed by atoms with E-state index < -0.39 is 0 Å². The molecule has 1 atom stereocenters. The van der Waals surface area contributed by atoms with Crippen molar-refractivity contribution in [1.29, 1.82) is 0 Å². The maximum Gasteiger partial charge on any atom is 0.0409 e. The van der Waals surface area contributed by atoms with Crippen molar-refractivity contribution in [3.8, 4) is 0 Å². The molecule has 0 aromatic heterocycles. The van der Waals surface area contributed by atoms with Gasteiger partial charge in [-0.05, 0) is 48.9 Å². The van der Waals surface area contributed by atoms with Crippen LogP contribution in [0.4, 0.5) is 0 Å². The van der Waals surface area contributed by atoms with Crippen LogP contribution in [0.1, 0.15) is 64.0 Å². The minimum Gasteiger partial charge on any atom is -0.310 e. The zero-order chi connectivity index (χ0) is 14.4. The van der Waals surface area contributed by atoms with Gasteiger partial charge in [0.2, 0.25) is 0 Å². The van der Waals surface area contributed by atoms with Crippen molar-refractivity contribution >= 4 is 11.6 Å². The number of rotatable bonds is 6. The first-order chi connectivity index (χ1) is 9.74. The topological polar surface area (TPSA) is 12.0 Å². The largest absolute Gasteiger partial charge is 0.310 e. The van der Waals surface area contributed by atoms with Crippen molar-refractivity contribution in [3.05, 3.63) is 34.9 Å². The van der Waals surface area contributed by atoms with Gasteiger partial charge >= 0.3 is 0 Å². The van der Waals surface area contributed by atoms with Crippen molar-refractivity contribution in [3.63, 3.8) is 0 Å². The summed E-state index contributed by atoms with van der Waals surface area (Å²) in [6.45, 7) is 5.52. The van der Waals surface area contributed by atoms with E-state index in [0.717, 1.165) is 23.4 Å². The molecule has 0 heterocycles. The van der Waals surface area contributed by atoms with Crippen LogP contribution in [0.2, 0.25) is 5.02 Å². The molecule has 20 heavy (non-hydrogen) atoms. The fourth-order valence-corrected chi connectivity index (χ4v) is 3.89. The lowest BCUT2D eigenvalue weighted by atomic mass is 9.75. The van der Waals surface area contributed by atoms with Gasteiger partial charge in [-0.2, -0.15) is 0 Å². The molecular weight excluding hydrogens is 266 g/mol. The van der Waals surface area contributed by atoms with Crippen LogP contribution in [0, 0.1) is 11.8 Å². The van der Waals surface area contributed by atoms with Gasteiger partial charge in [0.1, 0.15) is 0 Å². The molecule has 1 aliphatic rings. The smallest absolute Gasteiger partial charge is 0.0409 e. The summed E-state index contributed by atoms with van der Waals surface area (Å²) in [6, 6.07) is 8.86. The fraction of sp³-hybridized carbons (Fsp3) is 0.667. The Balaban J connectivity index is 2.02. The Morgan fingerprint density at radius 3 is 2.55 bits per heavy atom. The van der Waals surface area contributed by atoms with Crippen molar-refractivity contribution in [1.82, 2.24) is 5.32 Å². The van der Waals surface area contributed by atoms with E-state index in [0.29, 0.717) is 6.04 Å². The molecule has 0 saturated heterocycles. The van der Waals surface area contributed by atoms with Gasteiger partial charge in [-0.25, -0.2) is 0 Å². The van der Waals surface area contributed by atoms with Gasteiger partial charge in [-0.1, -0.05) is 63.3 Å². The van der Waals surface area contributed by atoms with Gasteiger partial charge in [0.05, 0.1) is 0 Å². The summed E-state index contributed by atoms with van der Waals surface area (Å²) < 4.78 is 0. The molecule has 0 bridgehead atoms. The van der Waals surface area contributed by atoms with E-state index in [2.05, 4.69) is 37.4 Å². The van der Waals surface area contributed by atoms with E-state index in [1.807, 2.05) is 6.07 Å². The second-order valence-corrected chi connectivity index (χ2v) is 6.60. The van der Waals surface area contributed by atoms with Gasteiger partial charge < -0.3 is 5.32 Å². The number of halogens is 1. The predicted molar refractivity (Wildman–Crippen MR) is 88.2 cm³/mol. The summed E-state index contributed by atoms with van der Waals surface area (Å²) in [4.78, 5) is 0. The maximum atomic E-state index is 6.16. The SMILES string of the molecule is CCCC1CCC(C(NCC)c2cccc(Cl)c2)CC1. The number of nitrogens with one attached hydrogen (secondary N) is 1. The van der Waals surface area contributed by atoms with Crippen LogP contribution in [0.5, 0.6) is 0 Å². The summed E-state index contributed by atoms with van der Waals surface area (Å²) in [7, 11) is 0. The third kappa shape index (κ3) is 4.23. The summed E-state index contributed by atoms with van der Waals surface area (Å²) in [6.07, 6.45) is 8.27. The molecule has 112 valence electrons. The summed E-state index contributed by atoms with van der Waals surface area (Å²) >= 11 is 6.16. The molecule has 0 radical (unpaired) electrons. The first-order valence-electron chi connectivity index (χ1n) is 8.23. The Bertz CT molecular complexity index is 396. The summed E-state index contributed by atoms with van der Waals surface area (Å²) in [5.41, 5.74) is 1.36. The molecule has 1 nitrogen and oxygen atoms in total. The minimum absolute atomic E-state index is 0.473. The van der Waals surface area contributed by atoms with Crippen LogP contribution < -0.4 is 5.32 Å². The molecule has 0 spiro atoms. The second kappa shape index (κ2) is 8.05. The Hall–Kier alpha value is -0.530. The van der Waals surface area contributed by atoms with E-state index in [1.165, 1.54) is 44.1 Å². The van der Waals surface area contributed by atoms with Gasteiger partial charge in [0.25, 0.3) is 0 Å². The molecular formula is C18H28ClN. The summed E-state index contributed by atoms with van der Waals surface area (Å²) in [5.74, 6) is 1.74. The Morgan fingerprint density at radius 2 is 1.95 bits per heavy atom. The lowest BCUT2D eigenvalue weighted by Crippen LogP contribution is -2.31. The third-order valence-electron chi connectivity index (χ3n) is 4.69. The Morgan fingerprint density at radius 1 is 1.20 bits per heavy atom. The molecule has 0 amide bonds. The van der Waals surface area contributed by atoms with Gasteiger partial charge in [0.15, 0.2) is 0 Å². The quantitative estimate of drug-likeness (QED) is 0.720. The molecule has 1 aliphatic carbocycles. The first-order valence-corrected chi connectivity index (χ1v) is 8.61. The highest BCUT2D eigenvalue weighted by molar-refractivity contribution is 6.30. The standard InChI is InChI=1S/C18H28ClN/c1-3-6-14-9-11-15(12-10-14)18(20-4-2)16-7-5-8-17(19)13-16/h5,7-8,13-15,18,20H,3-4,6,9-12H2,1-2H3. The zero-order valence-corrected chi connectivity index (χ0v) is 13.6. The predicted octanol–water partition coefficient (Wildman–Crippen LogP) is 5.60. The highest BCUT2D eigenvalue weighted by Crippen LogP contribution is 2.38. The van der Waals surface area contributed by atoms with E-state index in [9.17, 15) is 0 Å². The molecule has 1 aromatic carbocycles. The molecule has 1 unspecified atom stereocenters. The average molecular weight is 294 g/mol. The fourth-order valence-electron chi connectivity index (χ4n) is 3.70. The van der Waals surface area contributed by atoms with Crippen LogP contribution in [0.25, 0.3) is 0 Å². The number of hydrogen-bond donors (Lipinski definition) is 1. The Kier molecular flexibility index (Phi) is 6.38. The van der Waals surface area contributed by atoms with Crippen LogP contribution in [0.15, 0.2) is 24.3 Å². The molecule has 2 rings (SSSR count). The van der Waals surface area contributed by atoms with Crippen LogP contribution in [-0.2, 0) is 0 Å². The van der Waals surface area contributed by atoms with Crippen LogP contribution in [0.3, 0.4) is 0 Å². The normalized spacial score (nSPS) is 24.6. The van der Waals surface area contributed by atoms with Crippen molar-refractivity contribution < 1.29 is 0 Å². The van der Waals surface area contributed by atoms with Crippen LogP contribution >= 0.6 is 11.6 Å². The maximum absolute atomic E-state index is 6.16. The molecule has 1 fully saturated rings. The molecule has 1 aromatic rings. The highest BCUT2D eigenvalue weighted by atomic mass is 35.5. The first kappa shape index (κ1) is 15.9. The molecule has 1 saturated carbocycles. The van der Waals surface area contributed by atoms with Crippen molar-refractivity contribution in [2.24, 2.45) is 11.8 Å². The minimum atomic E-state index is 0.473. The zero-order valence-electron chi connectivity index (χ0n) is 12.9. The van der Waals surface area contributed by atoms with E-state index >= 15 is 0 Å². The van der Waals surface area contributed by atoms with E-state index in [-0.39, 0.29) is 0 Å². The van der Waals surface area contributed by atoms with Gasteiger partial charge in [-0.3, -0.25) is 0 Å². The van der Waals surface area contributed by atoms with E-state index in [4.69, 9.17) is 11.6 Å². The number of hydrogen-bond acceptors (Lipinski definition) is 1. The van der Waals surface area contributed by atoms with Gasteiger partial charge in [0, 0.05) is 11.1 Å². The Labute approximate surface area is 129 Å². The van der Waals surface area contributed by atoms with Crippen LogP contribution in [-0.4, -0.2) is 6.54 Å². The highest BCUT2D eigenvalue weighted by Gasteiger charge is 2.27. The third-order valence-corrected chi connectivity index (χ3v) is 4.93. The van der Waals surface area contributed by atoms with Crippen molar-refractivity contribution in [2.75, 3.05) is 6.54 Å². The molecule has 0 aliphatic heterocycles. The second-order valence-electron chi connectivity index (χ2n) is 6.16. The number of benzene rings is 1. The lowest BCUT2D eigenvalue weighted by molar-refractivity contribution is 0.216. The van der Waals surface area contributed by atoms with Crippen molar-refractivity contribution in [2.45, 2.75) is 58.4 Å². The molecule has 1 N–H and O–H groups in total. The summed E-state index contributed by atoms with van der Waals surface area (Å²) in [5, 5.41) is 4.54. The lowest BCUT2D eigenvalue weighted by Gasteiger charge is -2.34.